The smallest absolute Gasteiger partial charge is 0.205 e. The molecule has 1 unspecified atom stereocenters. The summed E-state index contributed by atoms with van der Waals surface area (Å²) >= 11 is 0. The van der Waals surface area contributed by atoms with Crippen molar-refractivity contribution in [3.8, 4) is 17.3 Å². The molecule has 30 heavy (non-hydrogen) atoms. The number of aliphatic imine (C=N–C) groups is 1. The van der Waals surface area contributed by atoms with Crippen LogP contribution in [0.4, 0.5) is 0 Å². The normalized spacial score (nSPS) is 11.9. The van der Waals surface area contributed by atoms with Crippen LogP contribution < -0.4 is 4.72 Å². The summed E-state index contributed by atoms with van der Waals surface area (Å²) in [5, 5.41) is 8.93. The van der Waals surface area contributed by atoms with Crippen molar-refractivity contribution in [2.45, 2.75) is 24.2 Å². The van der Waals surface area contributed by atoms with E-state index in [0.29, 0.717) is 19.4 Å². The van der Waals surface area contributed by atoms with E-state index in [2.05, 4.69) is 14.7 Å². The molecule has 0 saturated carbocycles. The van der Waals surface area contributed by atoms with E-state index in [1.807, 2.05) is 72.9 Å². The van der Waals surface area contributed by atoms with E-state index >= 15 is 0 Å². The second kappa shape index (κ2) is 12.4. The van der Waals surface area contributed by atoms with Gasteiger partial charge in [0.2, 0.25) is 6.19 Å². The monoisotopic (exact) mass is 420 g/mol. The fourth-order valence-electron chi connectivity index (χ4n) is 3.01. The van der Waals surface area contributed by atoms with Crippen molar-refractivity contribution < 1.29 is 9.69 Å². The maximum absolute atomic E-state index is 12.8. The molecule has 0 aliphatic carbocycles. The standard InChI is InChI=1S/C23H22N4OS.H2O/c24-18-26-21(17-19-12-15-25-16-13-19)9-6-14-27-29(28)23-11-5-4-10-22(23)20-7-2-1-3-8-20;/h1-5,7-8,10-13,15-16,27H,6,9,14,17H2;1H2. The van der Waals surface area contributed by atoms with Crippen LogP contribution in [0.25, 0.3) is 11.1 Å². The molecule has 0 amide bonds. The summed E-state index contributed by atoms with van der Waals surface area (Å²) in [6.07, 6.45) is 7.37. The fourth-order valence-corrected chi connectivity index (χ4v) is 4.08. The van der Waals surface area contributed by atoms with Crippen molar-refractivity contribution in [2.24, 2.45) is 4.99 Å². The summed E-state index contributed by atoms with van der Waals surface area (Å²) in [6, 6.07) is 21.5. The number of aromatic nitrogens is 1. The molecule has 0 saturated heterocycles. The quantitative estimate of drug-likeness (QED) is 0.325. The lowest BCUT2D eigenvalue weighted by atomic mass is 10.1. The highest BCUT2D eigenvalue weighted by Gasteiger charge is 2.11. The molecule has 0 aliphatic rings. The van der Waals surface area contributed by atoms with E-state index < -0.39 is 11.0 Å². The van der Waals surface area contributed by atoms with Gasteiger partial charge in [-0.05, 0) is 47.7 Å². The molecule has 0 aliphatic heterocycles. The average Bonchev–Trinajstić information content (AvgIpc) is 2.78. The van der Waals surface area contributed by atoms with Crippen LogP contribution in [-0.4, -0.2) is 26.9 Å². The molecule has 0 spiro atoms. The lowest BCUT2D eigenvalue weighted by molar-refractivity contribution is 0.669. The number of nitrogens with zero attached hydrogens (tertiary/aromatic N) is 3. The highest BCUT2D eigenvalue weighted by Crippen LogP contribution is 2.25. The molecule has 3 rings (SSSR count). The van der Waals surface area contributed by atoms with Gasteiger partial charge in [0.05, 0.1) is 4.90 Å². The number of benzene rings is 2. The molecule has 0 radical (unpaired) electrons. The van der Waals surface area contributed by atoms with Crippen LogP contribution >= 0.6 is 0 Å². The first-order valence-corrected chi connectivity index (χ1v) is 10.6. The molecule has 2 aromatic carbocycles. The molecule has 0 fully saturated rings. The Hall–Kier alpha value is -3.18. The fraction of sp³-hybridized carbons (Fsp3) is 0.174. The zero-order valence-electron chi connectivity index (χ0n) is 16.5. The highest BCUT2D eigenvalue weighted by molar-refractivity contribution is 7.83. The van der Waals surface area contributed by atoms with E-state index in [1.54, 1.807) is 12.4 Å². The first-order chi connectivity index (χ1) is 14.3. The van der Waals surface area contributed by atoms with E-state index in [9.17, 15) is 4.21 Å². The average molecular weight is 421 g/mol. The third-order valence-corrected chi connectivity index (χ3v) is 5.63. The molecule has 6 nitrogen and oxygen atoms in total. The highest BCUT2D eigenvalue weighted by atomic mass is 32.2. The minimum atomic E-state index is -1.31. The van der Waals surface area contributed by atoms with Crippen molar-refractivity contribution in [1.82, 2.24) is 9.71 Å². The summed E-state index contributed by atoms with van der Waals surface area (Å²) in [5.41, 5.74) is 3.89. The largest absolute Gasteiger partial charge is 0.412 e. The van der Waals surface area contributed by atoms with Gasteiger partial charge in [-0.15, -0.1) is 0 Å². The van der Waals surface area contributed by atoms with Crippen LogP contribution in [0.1, 0.15) is 18.4 Å². The third kappa shape index (κ3) is 6.71. The van der Waals surface area contributed by atoms with Crippen LogP contribution in [0.15, 0.2) is 89.0 Å². The number of rotatable bonds is 9. The minimum absolute atomic E-state index is 0. The molecular formula is C23H24N4O2S. The number of hydrogen-bond acceptors (Lipinski definition) is 4. The molecule has 154 valence electrons. The van der Waals surface area contributed by atoms with E-state index in [-0.39, 0.29) is 5.48 Å². The number of hydrogen-bond donors (Lipinski definition) is 1. The predicted molar refractivity (Wildman–Crippen MR) is 120 cm³/mol. The summed E-state index contributed by atoms with van der Waals surface area (Å²) in [7, 11) is -1.31. The zero-order chi connectivity index (χ0) is 20.3. The lowest BCUT2D eigenvalue weighted by Gasteiger charge is -2.11. The Morgan fingerprint density at radius 1 is 1.03 bits per heavy atom. The molecule has 1 aromatic heterocycles. The van der Waals surface area contributed by atoms with Crippen LogP contribution in [0.5, 0.6) is 0 Å². The molecule has 1 heterocycles. The van der Waals surface area contributed by atoms with Crippen molar-refractivity contribution in [2.75, 3.05) is 6.54 Å². The van der Waals surface area contributed by atoms with Gasteiger partial charge in [0.25, 0.3) is 0 Å². The van der Waals surface area contributed by atoms with E-state index in [0.717, 1.165) is 33.7 Å². The Kier molecular flexibility index (Phi) is 9.55. The molecule has 0 bridgehead atoms. The summed E-state index contributed by atoms with van der Waals surface area (Å²) in [4.78, 5) is 8.71. The lowest BCUT2D eigenvalue weighted by Crippen LogP contribution is -2.20. The Morgan fingerprint density at radius 3 is 2.47 bits per heavy atom. The van der Waals surface area contributed by atoms with Gasteiger partial charge < -0.3 is 5.48 Å². The first-order valence-electron chi connectivity index (χ1n) is 9.41. The van der Waals surface area contributed by atoms with E-state index in [4.69, 9.17) is 5.26 Å². The Bertz CT molecular complexity index is 1020. The van der Waals surface area contributed by atoms with Gasteiger partial charge >= 0.3 is 0 Å². The van der Waals surface area contributed by atoms with Crippen LogP contribution in [0.3, 0.4) is 0 Å². The molecule has 3 N–H and O–H groups in total. The molecule has 7 heteroatoms. The summed E-state index contributed by atoms with van der Waals surface area (Å²) < 4.78 is 15.9. The third-order valence-electron chi connectivity index (χ3n) is 4.41. The Morgan fingerprint density at radius 2 is 1.73 bits per heavy atom. The van der Waals surface area contributed by atoms with E-state index in [1.165, 1.54) is 0 Å². The van der Waals surface area contributed by atoms with Gasteiger partial charge in [0.1, 0.15) is 11.0 Å². The Labute approximate surface area is 179 Å². The number of nitrogens with one attached hydrogen (secondary N) is 1. The Balaban J connectivity index is 0.00000320. The van der Waals surface area contributed by atoms with Crippen molar-refractivity contribution in [3.05, 3.63) is 84.7 Å². The van der Waals surface area contributed by atoms with Gasteiger partial charge in [-0.25, -0.2) is 8.93 Å². The first kappa shape index (κ1) is 23.1. The summed E-state index contributed by atoms with van der Waals surface area (Å²) in [5.74, 6) is 0. The van der Waals surface area contributed by atoms with Gasteiger partial charge in [0.15, 0.2) is 0 Å². The molecule has 1 atom stereocenters. The minimum Gasteiger partial charge on any atom is -0.412 e. The number of nitriles is 1. The van der Waals surface area contributed by atoms with Crippen molar-refractivity contribution >= 4 is 16.7 Å². The van der Waals surface area contributed by atoms with Gasteiger partial charge in [0, 0.05) is 31.1 Å². The van der Waals surface area contributed by atoms with Gasteiger partial charge in [-0.3, -0.25) is 4.98 Å². The van der Waals surface area contributed by atoms with Gasteiger partial charge in [-0.2, -0.15) is 10.3 Å². The van der Waals surface area contributed by atoms with Crippen molar-refractivity contribution in [1.29, 1.82) is 5.26 Å². The second-order valence-electron chi connectivity index (χ2n) is 6.44. The molecule has 3 aromatic rings. The SMILES string of the molecule is N#CN=C(CCCNS(=O)c1ccccc1-c1ccccc1)Cc1ccncc1.O. The maximum Gasteiger partial charge on any atom is 0.205 e. The van der Waals surface area contributed by atoms with Crippen molar-refractivity contribution in [3.63, 3.8) is 0 Å². The molecular weight excluding hydrogens is 396 g/mol. The maximum atomic E-state index is 12.8. The van der Waals surface area contributed by atoms with Crippen LogP contribution in [0.2, 0.25) is 0 Å². The second-order valence-corrected chi connectivity index (χ2v) is 7.71. The zero-order valence-corrected chi connectivity index (χ0v) is 17.3. The topological polar surface area (TPSA) is 110 Å². The van der Waals surface area contributed by atoms with Crippen LogP contribution in [0, 0.1) is 11.5 Å². The number of pyridine rings is 1. The van der Waals surface area contributed by atoms with Crippen LogP contribution in [-0.2, 0) is 17.4 Å². The van der Waals surface area contributed by atoms with Gasteiger partial charge in [-0.1, -0.05) is 48.5 Å². The predicted octanol–water partition coefficient (Wildman–Crippen LogP) is 3.48. The summed E-state index contributed by atoms with van der Waals surface area (Å²) in [6.45, 7) is 0.566.